The first-order chi connectivity index (χ1) is 12.8. The Labute approximate surface area is 161 Å². The topological polar surface area (TPSA) is 79.9 Å². The van der Waals surface area contributed by atoms with Gasteiger partial charge in [0, 0.05) is 36.6 Å². The Balaban J connectivity index is 2.00. The highest BCUT2D eigenvalue weighted by Crippen LogP contribution is 2.12. The minimum absolute atomic E-state index is 0.0522. The summed E-state index contributed by atoms with van der Waals surface area (Å²) in [5, 5.41) is 2.91. The maximum atomic E-state index is 12.6. The smallest absolute Gasteiger partial charge is 0.282 e. The Hall–Kier alpha value is -2.86. The molecule has 0 aliphatic heterocycles. The Bertz CT molecular complexity index is 770. The van der Waals surface area contributed by atoms with Crippen LogP contribution in [0.4, 0.5) is 11.4 Å². The fraction of sp³-hybridized carbons (Fsp3) is 0.333. The summed E-state index contributed by atoms with van der Waals surface area (Å²) in [5.74, 6) is -0.535. The van der Waals surface area contributed by atoms with Crippen LogP contribution in [0.5, 0.6) is 0 Å². The molecule has 0 aliphatic carbocycles. The Morgan fingerprint density at radius 1 is 1.07 bits per heavy atom. The number of carbonyl (C=O) groups is 2. The molecule has 6 nitrogen and oxygen atoms in total. The van der Waals surface area contributed by atoms with Crippen molar-refractivity contribution < 1.29 is 14.5 Å². The van der Waals surface area contributed by atoms with Crippen LogP contribution < -0.4 is 20.9 Å². The number of anilines is 2. The molecule has 2 aromatic rings. The second kappa shape index (κ2) is 9.19. The molecule has 1 unspecified atom stereocenters. The summed E-state index contributed by atoms with van der Waals surface area (Å²) in [6.07, 6.45) is 0. The van der Waals surface area contributed by atoms with Gasteiger partial charge < -0.3 is 20.9 Å². The number of hydrogen-bond acceptors (Lipinski definition) is 3. The third-order valence-corrected chi connectivity index (χ3v) is 4.78. The molecule has 0 aliphatic rings. The van der Waals surface area contributed by atoms with E-state index in [0.717, 1.165) is 18.8 Å². The summed E-state index contributed by atoms with van der Waals surface area (Å²) in [4.78, 5) is 27.0. The van der Waals surface area contributed by atoms with Crippen molar-refractivity contribution in [2.75, 3.05) is 30.9 Å². The largest absolute Gasteiger partial charge is 0.378 e. The molecule has 0 spiro atoms. The second-order valence-corrected chi connectivity index (χ2v) is 6.90. The number of nitrogens with zero attached hydrogens (tertiary/aromatic N) is 1. The zero-order chi connectivity index (χ0) is 20.0. The molecular formula is C21H29N4O2+. The van der Waals surface area contributed by atoms with Gasteiger partial charge in [0.05, 0.1) is 6.54 Å². The maximum absolute atomic E-state index is 12.6. The number of benzene rings is 2. The molecule has 2 atom stereocenters. The number of carbonyl (C=O) groups excluding carboxylic acids is 2. The fourth-order valence-corrected chi connectivity index (χ4v) is 2.91. The molecule has 0 saturated heterocycles. The van der Waals surface area contributed by atoms with Crippen LogP contribution in [0.2, 0.25) is 0 Å². The van der Waals surface area contributed by atoms with Gasteiger partial charge in [-0.25, -0.2) is 0 Å². The third kappa shape index (κ3) is 5.56. The maximum Gasteiger partial charge on any atom is 0.282 e. The lowest BCUT2D eigenvalue weighted by atomic mass is 10.1. The number of amides is 2. The van der Waals surface area contributed by atoms with E-state index in [1.165, 1.54) is 10.5 Å². The van der Waals surface area contributed by atoms with Crippen LogP contribution in [0.3, 0.4) is 0 Å². The van der Waals surface area contributed by atoms with Crippen LogP contribution >= 0.6 is 0 Å². The Morgan fingerprint density at radius 3 is 2.15 bits per heavy atom. The standard InChI is InChI=1S/C21H28N4O2/c1-5-25(14-16-6-12-19(13-7-16)24(3)4)15(2)21(27)23-18-10-8-17(9-11-18)20(22)26/h6-13,15H,5,14H2,1-4H3,(H2,22,26)(H,23,27)/p+1/t15-/m0/s1. The van der Waals surface area contributed by atoms with Crippen molar-refractivity contribution in [1.82, 2.24) is 0 Å². The first-order valence-electron chi connectivity index (χ1n) is 9.13. The fourth-order valence-electron chi connectivity index (χ4n) is 2.91. The summed E-state index contributed by atoms with van der Waals surface area (Å²) >= 11 is 0. The first-order valence-corrected chi connectivity index (χ1v) is 9.13. The van der Waals surface area contributed by atoms with E-state index in [1.54, 1.807) is 24.3 Å². The molecule has 0 bridgehead atoms. The van der Waals surface area contributed by atoms with E-state index >= 15 is 0 Å². The lowest BCUT2D eigenvalue weighted by Crippen LogP contribution is -3.15. The number of likely N-dealkylation sites (N-methyl/N-ethyl adjacent to an activating group) is 1. The van der Waals surface area contributed by atoms with Gasteiger partial charge in [-0.05, 0) is 50.2 Å². The summed E-state index contributed by atoms with van der Waals surface area (Å²) < 4.78 is 0. The van der Waals surface area contributed by atoms with E-state index in [4.69, 9.17) is 5.73 Å². The van der Waals surface area contributed by atoms with Crippen LogP contribution in [0, 0.1) is 0 Å². The lowest BCUT2D eigenvalue weighted by Gasteiger charge is -2.24. The molecule has 0 radical (unpaired) electrons. The minimum Gasteiger partial charge on any atom is -0.378 e. The molecule has 2 amide bonds. The van der Waals surface area contributed by atoms with Gasteiger partial charge in [-0.1, -0.05) is 12.1 Å². The molecule has 6 heteroatoms. The van der Waals surface area contributed by atoms with Crippen LogP contribution in [0.15, 0.2) is 48.5 Å². The summed E-state index contributed by atoms with van der Waals surface area (Å²) in [7, 11) is 4.03. The van der Waals surface area contributed by atoms with Crippen molar-refractivity contribution in [3.63, 3.8) is 0 Å². The molecule has 0 saturated carbocycles. The normalized spacial score (nSPS) is 12.9. The molecular weight excluding hydrogens is 340 g/mol. The SMILES string of the molecule is CC[NH+](Cc1ccc(N(C)C)cc1)[C@@H](C)C(=O)Nc1ccc(C(N)=O)cc1. The van der Waals surface area contributed by atoms with Gasteiger partial charge in [-0.15, -0.1) is 0 Å². The summed E-state index contributed by atoms with van der Waals surface area (Å²) in [6, 6.07) is 14.8. The van der Waals surface area contributed by atoms with Crippen molar-refractivity contribution in [3.8, 4) is 0 Å². The van der Waals surface area contributed by atoms with Crippen molar-refractivity contribution >= 4 is 23.2 Å². The highest BCUT2D eigenvalue weighted by atomic mass is 16.2. The Morgan fingerprint density at radius 2 is 1.67 bits per heavy atom. The Kier molecular flexibility index (Phi) is 6.96. The zero-order valence-electron chi connectivity index (χ0n) is 16.5. The molecule has 144 valence electrons. The van der Waals surface area contributed by atoms with E-state index in [2.05, 4.69) is 41.4 Å². The highest BCUT2D eigenvalue weighted by molar-refractivity contribution is 5.95. The first kappa shape index (κ1) is 20.5. The highest BCUT2D eigenvalue weighted by Gasteiger charge is 2.24. The number of rotatable bonds is 8. The number of primary amides is 1. The summed E-state index contributed by atoms with van der Waals surface area (Å²) in [5.41, 5.74) is 8.66. The average molecular weight is 369 g/mol. The quantitative estimate of drug-likeness (QED) is 0.656. The van der Waals surface area contributed by atoms with Crippen molar-refractivity contribution in [2.45, 2.75) is 26.4 Å². The van der Waals surface area contributed by atoms with E-state index in [1.807, 2.05) is 21.0 Å². The summed E-state index contributed by atoms with van der Waals surface area (Å²) in [6.45, 7) is 5.62. The average Bonchev–Trinajstić information content (AvgIpc) is 2.66. The van der Waals surface area contributed by atoms with Gasteiger partial charge in [0.25, 0.3) is 5.91 Å². The molecule has 0 heterocycles. The number of hydrogen-bond donors (Lipinski definition) is 3. The van der Waals surface area contributed by atoms with Crippen LogP contribution in [-0.2, 0) is 11.3 Å². The zero-order valence-corrected chi connectivity index (χ0v) is 16.5. The van der Waals surface area contributed by atoms with Crippen LogP contribution in [0.1, 0.15) is 29.8 Å². The molecule has 2 rings (SSSR count). The molecule has 2 aromatic carbocycles. The molecule has 0 aromatic heterocycles. The molecule has 0 fully saturated rings. The van der Waals surface area contributed by atoms with Crippen LogP contribution in [0.25, 0.3) is 0 Å². The van der Waals surface area contributed by atoms with Gasteiger partial charge in [0.15, 0.2) is 6.04 Å². The minimum atomic E-state index is -0.483. The van der Waals surface area contributed by atoms with E-state index < -0.39 is 5.91 Å². The van der Waals surface area contributed by atoms with E-state index in [-0.39, 0.29) is 11.9 Å². The molecule has 27 heavy (non-hydrogen) atoms. The van der Waals surface area contributed by atoms with E-state index in [0.29, 0.717) is 11.3 Å². The number of nitrogens with two attached hydrogens (primary N) is 1. The van der Waals surface area contributed by atoms with Gasteiger partial charge >= 0.3 is 0 Å². The van der Waals surface area contributed by atoms with Crippen molar-refractivity contribution in [2.24, 2.45) is 5.73 Å². The second-order valence-electron chi connectivity index (χ2n) is 6.90. The van der Waals surface area contributed by atoms with Gasteiger partial charge in [-0.2, -0.15) is 0 Å². The predicted molar refractivity (Wildman–Crippen MR) is 109 cm³/mol. The number of nitrogens with one attached hydrogen (secondary N) is 2. The van der Waals surface area contributed by atoms with E-state index in [9.17, 15) is 9.59 Å². The third-order valence-electron chi connectivity index (χ3n) is 4.78. The predicted octanol–water partition coefficient (Wildman–Crippen LogP) is 1.28. The van der Waals surface area contributed by atoms with Crippen molar-refractivity contribution in [1.29, 1.82) is 0 Å². The van der Waals surface area contributed by atoms with Crippen LogP contribution in [-0.4, -0.2) is 38.5 Å². The lowest BCUT2D eigenvalue weighted by molar-refractivity contribution is -0.925. The van der Waals surface area contributed by atoms with Crippen molar-refractivity contribution in [3.05, 3.63) is 59.7 Å². The van der Waals surface area contributed by atoms with Gasteiger partial charge in [-0.3, -0.25) is 9.59 Å². The van der Waals surface area contributed by atoms with Gasteiger partial charge in [0.1, 0.15) is 6.54 Å². The molecule has 4 N–H and O–H groups in total. The van der Waals surface area contributed by atoms with Gasteiger partial charge in [0.2, 0.25) is 5.91 Å². The number of quaternary nitrogens is 1. The monoisotopic (exact) mass is 369 g/mol.